The molecule has 8 nitrogen and oxygen atoms in total. The van der Waals surface area contributed by atoms with E-state index in [1.165, 1.54) is 15.7 Å². The zero-order valence-electron chi connectivity index (χ0n) is 10.4. The number of aromatic nitrogens is 2. The fourth-order valence-corrected chi connectivity index (χ4v) is 4.39. The minimum atomic E-state index is -3.91. The van der Waals surface area contributed by atoms with Gasteiger partial charge in [-0.2, -0.15) is 4.72 Å². The topological polar surface area (TPSA) is 119 Å². The summed E-state index contributed by atoms with van der Waals surface area (Å²) >= 11 is 1.29. The van der Waals surface area contributed by atoms with E-state index in [2.05, 4.69) is 15.0 Å². The highest BCUT2D eigenvalue weighted by molar-refractivity contribution is 7.89. The van der Waals surface area contributed by atoms with E-state index in [4.69, 9.17) is 5.73 Å². The first kappa shape index (κ1) is 13.3. The van der Waals surface area contributed by atoms with Gasteiger partial charge < -0.3 is 11.1 Å². The highest BCUT2D eigenvalue weighted by atomic mass is 32.2. The summed E-state index contributed by atoms with van der Waals surface area (Å²) in [5.74, 6) is -0.384. The molecule has 108 valence electrons. The summed E-state index contributed by atoms with van der Waals surface area (Å²) in [7, 11) is -3.91. The maximum atomic E-state index is 12.4. The number of hydrogen-bond donors (Lipinski definition) is 3. The Labute approximate surface area is 119 Å². The molecule has 1 aliphatic heterocycles. The number of carbonyl (C=O) groups is 1. The van der Waals surface area contributed by atoms with Gasteiger partial charge in [0.1, 0.15) is 6.04 Å². The van der Waals surface area contributed by atoms with Crippen molar-refractivity contribution in [3.05, 3.63) is 11.6 Å². The molecule has 2 aromatic heterocycles. The normalized spacial score (nSPS) is 20.2. The molecule has 0 saturated carbocycles. The number of piperidine rings is 1. The largest absolute Gasteiger partial charge is 0.381 e. The molecule has 1 unspecified atom stereocenters. The van der Waals surface area contributed by atoms with Gasteiger partial charge in [-0.3, -0.25) is 9.20 Å². The zero-order valence-corrected chi connectivity index (χ0v) is 12.0. The van der Waals surface area contributed by atoms with Crippen LogP contribution in [0.25, 0.3) is 4.96 Å². The SMILES string of the molecule is Nc1nc2sccn2c1S(=O)(=O)NC1CCCNC1=O. The van der Waals surface area contributed by atoms with Crippen molar-refractivity contribution in [3.8, 4) is 0 Å². The van der Waals surface area contributed by atoms with E-state index in [0.717, 1.165) is 6.42 Å². The number of nitrogens with two attached hydrogens (primary N) is 1. The first-order valence-electron chi connectivity index (χ1n) is 6.00. The molecule has 2 aromatic rings. The quantitative estimate of drug-likeness (QED) is 0.708. The third kappa shape index (κ3) is 2.15. The number of sulfonamides is 1. The standard InChI is InChI=1S/C10H13N5O3S2/c11-7-9(15-4-5-19-10(15)13-7)20(17,18)14-6-2-1-3-12-8(6)16/h4-6,14H,1-3,11H2,(H,12,16). The van der Waals surface area contributed by atoms with Crippen LogP contribution >= 0.6 is 11.3 Å². The molecule has 0 radical (unpaired) electrons. The van der Waals surface area contributed by atoms with Gasteiger partial charge >= 0.3 is 0 Å². The second-order valence-electron chi connectivity index (χ2n) is 4.46. The van der Waals surface area contributed by atoms with Gasteiger partial charge in [-0.05, 0) is 12.8 Å². The summed E-state index contributed by atoms with van der Waals surface area (Å²) in [4.78, 5) is 16.1. The number of nitrogens with zero attached hydrogens (tertiary/aromatic N) is 2. The minimum Gasteiger partial charge on any atom is -0.381 e. The number of carbonyl (C=O) groups excluding carboxylic acids is 1. The summed E-state index contributed by atoms with van der Waals surface area (Å²) in [6.45, 7) is 0.570. The number of nitrogens with one attached hydrogen (secondary N) is 2. The molecule has 3 heterocycles. The third-order valence-electron chi connectivity index (χ3n) is 3.08. The Morgan fingerprint density at radius 1 is 1.55 bits per heavy atom. The predicted octanol–water partition coefficient (Wildman–Crippen LogP) is -0.465. The molecule has 3 rings (SSSR count). The number of hydrogen-bond acceptors (Lipinski definition) is 6. The second-order valence-corrected chi connectivity index (χ2v) is 6.97. The molecule has 1 amide bonds. The smallest absolute Gasteiger partial charge is 0.261 e. The van der Waals surface area contributed by atoms with Crippen molar-refractivity contribution in [1.29, 1.82) is 0 Å². The highest BCUT2D eigenvalue weighted by Crippen LogP contribution is 2.23. The molecule has 20 heavy (non-hydrogen) atoms. The van der Waals surface area contributed by atoms with Gasteiger partial charge in [-0.1, -0.05) is 0 Å². The van der Waals surface area contributed by atoms with Gasteiger partial charge in [0.05, 0.1) is 0 Å². The summed E-state index contributed by atoms with van der Waals surface area (Å²) in [5.41, 5.74) is 5.68. The lowest BCUT2D eigenvalue weighted by Gasteiger charge is -2.22. The van der Waals surface area contributed by atoms with Crippen LogP contribution in [0.15, 0.2) is 16.6 Å². The summed E-state index contributed by atoms with van der Waals surface area (Å²) in [6, 6.07) is -0.766. The van der Waals surface area contributed by atoms with E-state index in [1.54, 1.807) is 11.6 Å². The van der Waals surface area contributed by atoms with Crippen LogP contribution in [-0.4, -0.2) is 36.3 Å². The third-order valence-corrected chi connectivity index (χ3v) is 5.35. The Morgan fingerprint density at radius 3 is 3.10 bits per heavy atom. The lowest BCUT2D eigenvalue weighted by atomic mass is 10.1. The molecule has 1 aliphatic rings. The lowest BCUT2D eigenvalue weighted by molar-refractivity contribution is -0.124. The summed E-state index contributed by atoms with van der Waals surface area (Å²) < 4.78 is 28.6. The van der Waals surface area contributed by atoms with Crippen molar-refractivity contribution < 1.29 is 13.2 Å². The molecule has 0 bridgehead atoms. The van der Waals surface area contributed by atoms with Crippen molar-refractivity contribution in [3.63, 3.8) is 0 Å². The van der Waals surface area contributed by atoms with Gasteiger partial charge in [0, 0.05) is 18.1 Å². The van der Waals surface area contributed by atoms with E-state index in [9.17, 15) is 13.2 Å². The van der Waals surface area contributed by atoms with E-state index in [-0.39, 0.29) is 16.8 Å². The average molecular weight is 315 g/mol. The fourth-order valence-electron chi connectivity index (χ4n) is 2.18. The molecule has 0 spiro atoms. The fraction of sp³-hybridized carbons (Fsp3) is 0.400. The van der Waals surface area contributed by atoms with E-state index in [0.29, 0.717) is 17.9 Å². The van der Waals surface area contributed by atoms with Crippen LogP contribution in [-0.2, 0) is 14.8 Å². The van der Waals surface area contributed by atoms with E-state index >= 15 is 0 Å². The van der Waals surface area contributed by atoms with Gasteiger partial charge in [0.15, 0.2) is 15.8 Å². The van der Waals surface area contributed by atoms with Crippen LogP contribution in [0.2, 0.25) is 0 Å². The van der Waals surface area contributed by atoms with Crippen LogP contribution < -0.4 is 15.8 Å². The molecule has 1 saturated heterocycles. The minimum absolute atomic E-state index is 0.0689. The molecule has 4 N–H and O–H groups in total. The number of thiazole rings is 1. The summed E-state index contributed by atoms with van der Waals surface area (Å²) in [5, 5.41) is 4.23. The first-order chi connectivity index (χ1) is 9.49. The van der Waals surface area contributed by atoms with Crippen molar-refractivity contribution in [2.24, 2.45) is 0 Å². The van der Waals surface area contributed by atoms with Gasteiger partial charge in [-0.25, -0.2) is 13.4 Å². The Hall–Kier alpha value is -1.65. The number of rotatable bonds is 3. The number of imidazole rings is 1. The van der Waals surface area contributed by atoms with Gasteiger partial charge in [-0.15, -0.1) is 11.3 Å². The van der Waals surface area contributed by atoms with Crippen molar-refractivity contribution in [2.75, 3.05) is 12.3 Å². The van der Waals surface area contributed by atoms with Crippen molar-refractivity contribution in [2.45, 2.75) is 23.9 Å². The first-order valence-corrected chi connectivity index (χ1v) is 8.36. The Kier molecular flexibility index (Phi) is 3.15. The molecule has 0 aliphatic carbocycles. The maximum absolute atomic E-state index is 12.4. The molecule has 10 heteroatoms. The number of nitrogen functional groups attached to an aromatic ring is 1. The summed E-state index contributed by atoms with van der Waals surface area (Å²) in [6.07, 6.45) is 2.78. The number of fused-ring (bicyclic) bond motifs is 1. The van der Waals surface area contributed by atoms with Crippen molar-refractivity contribution >= 4 is 38.0 Å². The average Bonchev–Trinajstić information content (AvgIpc) is 2.91. The number of anilines is 1. The molecular formula is C10H13N5O3S2. The van der Waals surface area contributed by atoms with E-state index in [1.807, 2.05) is 0 Å². The molecule has 1 atom stereocenters. The maximum Gasteiger partial charge on any atom is 0.261 e. The van der Waals surface area contributed by atoms with E-state index < -0.39 is 16.1 Å². The monoisotopic (exact) mass is 315 g/mol. The van der Waals surface area contributed by atoms with Gasteiger partial charge in [0.25, 0.3) is 10.0 Å². The van der Waals surface area contributed by atoms with Gasteiger partial charge in [0.2, 0.25) is 5.91 Å². The highest BCUT2D eigenvalue weighted by Gasteiger charge is 2.31. The van der Waals surface area contributed by atoms with Crippen LogP contribution in [0.5, 0.6) is 0 Å². The molecule has 0 aromatic carbocycles. The van der Waals surface area contributed by atoms with Crippen LogP contribution in [0.3, 0.4) is 0 Å². The molecule has 1 fully saturated rings. The Bertz CT molecular complexity index is 763. The second kappa shape index (κ2) is 4.72. The Morgan fingerprint density at radius 2 is 2.35 bits per heavy atom. The van der Waals surface area contributed by atoms with Crippen LogP contribution in [0.1, 0.15) is 12.8 Å². The zero-order chi connectivity index (χ0) is 14.3. The van der Waals surface area contributed by atoms with Crippen molar-refractivity contribution in [1.82, 2.24) is 19.4 Å². The van der Waals surface area contributed by atoms with Crippen LogP contribution in [0, 0.1) is 0 Å². The van der Waals surface area contributed by atoms with Crippen LogP contribution in [0.4, 0.5) is 5.82 Å². The molecular weight excluding hydrogens is 302 g/mol. The number of amides is 1. The predicted molar refractivity (Wildman–Crippen MR) is 73.8 cm³/mol. The Balaban J connectivity index is 1.97. The lowest BCUT2D eigenvalue weighted by Crippen LogP contribution is -2.50.